The van der Waals surface area contributed by atoms with Gasteiger partial charge in [0.25, 0.3) is 11.7 Å². The molecular weight excluding hydrogens is 464 g/mol. The number of aliphatic hydroxyl groups excluding tert-OH is 1. The van der Waals surface area contributed by atoms with Gasteiger partial charge in [0.2, 0.25) is 0 Å². The molecule has 192 valence electrons. The van der Waals surface area contributed by atoms with Gasteiger partial charge in [0, 0.05) is 31.7 Å². The lowest BCUT2D eigenvalue weighted by Gasteiger charge is -2.29. The molecule has 0 saturated carbocycles. The Balaban J connectivity index is 1.70. The van der Waals surface area contributed by atoms with E-state index in [0.717, 1.165) is 19.6 Å². The molecule has 36 heavy (non-hydrogen) atoms. The number of hydrogen-bond donors (Lipinski definition) is 1. The number of benzene rings is 2. The van der Waals surface area contributed by atoms with Gasteiger partial charge >= 0.3 is 0 Å². The quantitative estimate of drug-likeness (QED) is 0.322. The molecule has 2 aromatic carbocycles. The predicted molar refractivity (Wildman–Crippen MR) is 133 cm³/mol. The molecule has 9 heteroatoms. The van der Waals surface area contributed by atoms with Crippen LogP contribution in [0.15, 0.2) is 48.0 Å². The molecule has 2 fully saturated rings. The first-order chi connectivity index (χ1) is 17.5. The number of nitrogens with zero attached hydrogens (tertiary/aromatic N) is 2. The van der Waals surface area contributed by atoms with Crippen LogP contribution in [-0.4, -0.2) is 87.3 Å². The molecule has 2 aliphatic heterocycles. The second-order valence-corrected chi connectivity index (χ2v) is 8.64. The summed E-state index contributed by atoms with van der Waals surface area (Å²) in [6, 6.07) is 11.3. The van der Waals surface area contributed by atoms with Gasteiger partial charge in [0.15, 0.2) is 11.5 Å². The van der Waals surface area contributed by atoms with Crippen molar-refractivity contribution >= 4 is 17.4 Å². The van der Waals surface area contributed by atoms with E-state index in [4.69, 9.17) is 18.9 Å². The number of carbonyl (C=O) groups is 2. The summed E-state index contributed by atoms with van der Waals surface area (Å²) in [6.45, 7) is 4.25. The van der Waals surface area contributed by atoms with Gasteiger partial charge in [-0.05, 0) is 42.3 Å². The van der Waals surface area contributed by atoms with Crippen molar-refractivity contribution in [1.82, 2.24) is 9.80 Å². The number of aliphatic hydroxyl groups is 1. The Morgan fingerprint density at radius 3 is 2.28 bits per heavy atom. The number of methoxy groups -OCH3 is 3. The van der Waals surface area contributed by atoms with Gasteiger partial charge in [0.05, 0.1) is 46.2 Å². The molecule has 2 heterocycles. The third-order valence-corrected chi connectivity index (χ3v) is 6.61. The van der Waals surface area contributed by atoms with Gasteiger partial charge in [-0.3, -0.25) is 14.5 Å². The fraction of sp³-hybridized carbons (Fsp3) is 0.407. The molecular formula is C27H32N2O7. The van der Waals surface area contributed by atoms with E-state index in [1.165, 1.54) is 14.2 Å². The van der Waals surface area contributed by atoms with Crippen LogP contribution in [0, 0.1) is 0 Å². The first kappa shape index (κ1) is 25.5. The number of amides is 1. The monoisotopic (exact) mass is 496 g/mol. The molecule has 0 aliphatic carbocycles. The average Bonchev–Trinajstić information content (AvgIpc) is 3.18. The van der Waals surface area contributed by atoms with Gasteiger partial charge < -0.3 is 29.0 Å². The third-order valence-electron chi connectivity index (χ3n) is 6.61. The predicted octanol–water partition coefficient (Wildman–Crippen LogP) is 2.86. The summed E-state index contributed by atoms with van der Waals surface area (Å²) >= 11 is 0. The molecule has 2 aliphatic rings. The summed E-state index contributed by atoms with van der Waals surface area (Å²) < 4.78 is 21.3. The minimum Gasteiger partial charge on any atom is -0.507 e. The van der Waals surface area contributed by atoms with Gasteiger partial charge in [0.1, 0.15) is 11.5 Å². The zero-order valence-electron chi connectivity index (χ0n) is 20.9. The molecule has 1 amide bonds. The van der Waals surface area contributed by atoms with Gasteiger partial charge in [-0.15, -0.1) is 0 Å². The molecule has 0 unspecified atom stereocenters. The maximum Gasteiger partial charge on any atom is 0.295 e. The fourth-order valence-electron chi connectivity index (χ4n) is 4.67. The molecule has 1 N–H and O–H groups in total. The minimum atomic E-state index is -0.728. The topological polar surface area (TPSA) is 97.8 Å². The van der Waals surface area contributed by atoms with Crippen molar-refractivity contribution in [2.24, 2.45) is 0 Å². The Morgan fingerprint density at radius 1 is 0.944 bits per heavy atom. The lowest BCUT2D eigenvalue weighted by atomic mass is 9.95. The highest BCUT2D eigenvalue weighted by Crippen LogP contribution is 2.41. The SMILES string of the molecule is COc1ccc([C@H]2C(=C(O)c3ccc(OC)c(OC)c3)C(=O)C(=O)N2CCCN2CCOCC2)cc1. The maximum atomic E-state index is 13.3. The van der Waals surface area contributed by atoms with E-state index in [1.807, 2.05) is 12.1 Å². The van der Waals surface area contributed by atoms with E-state index in [-0.39, 0.29) is 11.3 Å². The van der Waals surface area contributed by atoms with Crippen LogP contribution in [0.3, 0.4) is 0 Å². The van der Waals surface area contributed by atoms with E-state index in [9.17, 15) is 14.7 Å². The number of rotatable bonds is 9. The van der Waals surface area contributed by atoms with E-state index in [1.54, 1.807) is 42.3 Å². The molecule has 0 aromatic heterocycles. The normalized spacial score (nSPS) is 20.0. The third kappa shape index (κ3) is 5.17. The summed E-state index contributed by atoms with van der Waals surface area (Å²) in [5.41, 5.74) is 1.12. The maximum absolute atomic E-state index is 13.3. The fourth-order valence-corrected chi connectivity index (χ4v) is 4.67. The molecule has 1 atom stereocenters. The molecule has 0 bridgehead atoms. The summed E-state index contributed by atoms with van der Waals surface area (Å²) in [7, 11) is 4.58. The lowest BCUT2D eigenvalue weighted by molar-refractivity contribution is -0.140. The van der Waals surface area contributed by atoms with E-state index in [2.05, 4.69) is 4.90 Å². The van der Waals surface area contributed by atoms with Crippen molar-refractivity contribution in [2.75, 3.05) is 60.7 Å². The number of carbonyl (C=O) groups excluding carboxylic acids is 2. The Labute approximate surface area is 210 Å². The Bertz CT molecular complexity index is 1120. The number of hydrogen-bond acceptors (Lipinski definition) is 8. The largest absolute Gasteiger partial charge is 0.507 e. The van der Waals surface area contributed by atoms with E-state index in [0.29, 0.717) is 54.6 Å². The number of morpholine rings is 1. The summed E-state index contributed by atoms with van der Waals surface area (Å²) in [6.07, 6.45) is 0.691. The van der Waals surface area contributed by atoms with Gasteiger partial charge in [-0.1, -0.05) is 12.1 Å². The standard InChI is InChI=1S/C27H32N2O7/c1-33-20-8-5-18(6-9-20)24-23(25(30)19-7-10-21(34-2)22(17-19)35-3)26(31)27(32)29(24)12-4-11-28-13-15-36-16-14-28/h5-10,17,24,30H,4,11-16H2,1-3H3/t24-/m0/s1. The Morgan fingerprint density at radius 2 is 1.64 bits per heavy atom. The molecule has 9 nitrogen and oxygen atoms in total. The van der Waals surface area contributed by atoms with E-state index >= 15 is 0 Å². The van der Waals surface area contributed by atoms with Crippen LogP contribution in [-0.2, 0) is 14.3 Å². The second kappa shape index (κ2) is 11.5. The van der Waals surface area contributed by atoms with Crippen molar-refractivity contribution in [3.63, 3.8) is 0 Å². The zero-order valence-corrected chi connectivity index (χ0v) is 20.9. The summed E-state index contributed by atoms with van der Waals surface area (Å²) in [5, 5.41) is 11.3. The first-order valence-electron chi connectivity index (χ1n) is 11.9. The second-order valence-electron chi connectivity index (χ2n) is 8.64. The van der Waals surface area contributed by atoms with Crippen molar-refractivity contribution in [3.8, 4) is 17.2 Å². The average molecular weight is 497 g/mol. The smallest absolute Gasteiger partial charge is 0.295 e. The van der Waals surface area contributed by atoms with Crippen molar-refractivity contribution in [1.29, 1.82) is 0 Å². The van der Waals surface area contributed by atoms with Crippen molar-refractivity contribution in [2.45, 2.75) is 12.5 Å². The minimum absolute atomic E-state index is 0.0451. The van der Waals surface area contributed by atoms with Gasteiger partial charge in [-0.2, -0.15) is 0 Å². The van der Waals surface area contributed by atoms with Gasteiger partial charge in [-0.25, -0.2) is 0 Å². The molecule has 2 aromatic rings. The van der Waals surface area contributed by atoms with Crippen LogP contribution in [0.25, 0.3) is 5.76 Å². The summed E-state index contributed by atoms with van der Waals surface area (Å²) in [5.74, 6) is -0.0467. The van der Waals surface area contributed by atoms with Crippen LogP contribution in [0.2, 0.25) is 0 Å². The van der Waals surface area contributed by atoms with Crippen LogP contribution in [0.5, 0.6) is 17.2 Å². The Kier molecular flexibility index (Phi) is 8.12. The first-order valence-corrected chi connectivity index (χ1v) is 11.9. The molecule has 2 saturated heterocycles. The van der Waals surface area contributed by atoms with Crippen LogP contribution < -0.4 is 14.2 Å². The number of ketones is 1. The van der Waals surface area contributed by atoms with Crippen LogP contribution in [0.4, 0.5) is 0 Å². The number of Topliss-reactive ketones (excluding diaryl/α,β-unsaturated/α-hetero) is 1. The van der Waals surface area contributed by atoms with Crippen molar-refractivity contribution in [3.05, 3.63) is 59.2 Å². The van der Waals surface area contributed by atoms with E-state index < -0.39 is 17.7 Å². The zero-order chi connectivity index (χ0) is 25.7. The lowest BCUT2D eigenvalue weighted by Crippen LogP contribution is -2.38. The Hall–Kier alpha value is -3.56. The molecule has 0 spiro atoms. The number of likely N-dealkylation sites (tertiary alicyclic amines) is 1. The molecule has 0 radical (unpaired) electrons. The highest BCUT2D eigenvalue weighted by molar-refractivity contribution is 6.46. The summed E-state index contributed by atoms with van der Waals surface area (Å²) in [4.78, 5) is 30.3. The molecule has 4 rings (SSSR count). The highest BCUT2D eigenvalue weighted by atomic mass is 16.5. The van der Waals surface area contributed by atoms with Crippen LogP contribution >= 0.6 is 0 Å². The highest BCUT2D eigenvalue weighted by Gasteiger charge is 2.45. The van der Waals surface area contributed by atoms with Crippen LogP contribution in [0.1, 0.15) is 23.6 Å². The number of ether oxygens (including phenoxy) is 4. The van der Waals surface area contributed by atoms with Crippen molar-refractivity contribution < 1.29 is 33.6 Å².